The standard InChI is InChI=1S/C15H16N2O4/c1-8(2)20-15(18)12-9(3)21-14(17)10(7-16)13(12)11-5-4-6-19-11/h4-6,8,13H,17H2,1-3H3. The maximum absolute atomic E-state index is 12.3. The summed E-state index contributed by atoms with van der Waals surface area (Å²) >= 11 is 0. The van der Waals surface area contributed by atoms with Crippen LogP contribution in [0, 0.1) is 11.3 Å². The van der Waals surface area contributed by atoms with Gasteiger partial charge in [-0.2, -0.15) is 5.26 Å². The van der Waals surface area contributed by atoms with Crippen LogP contribution in [-0.4, -0.2) is 12.1 Å². The lowest BCUT2D eigenvalue weighted by Gasteiger charge is -2.25. The summed E-state index contributed by atoms with van der Waals surface area (Å²) in [4.78, 5) is 12.3. The fourth-order valence-corrected chi connectivity index (χ4v) is 2.16. The average molecular weight is 288 g/mol. The molecular weight excluding hydrogens is 272 g/mol. The Balaban J connectivity index is 2.52. The molecule has 0 aliphatic carbocycles. The Hall–Kier alpha value is -2.68. The number of carbonyl (C=O) groups excluding carboxylic acids is 1. The summed E-state index contributed by atoms with van der Waals surface area (Å²) in [6, 6.07) is 5.33. The Morgan fingerprint density at radius 1 is 1.52 bits per heavy atom. The molecule has 21 heavy (non-hydrogen) atoms. The molecule has 0 saturated carbocycles. The molecule has 6 heteroatoms. The van der Waals surface area contributed by atoms with Crippen LogP contribution in [0.3, 0.4) is 0 Å². The summed E-state index contributed by atoms with van der Waals surface area (Å²) in [6.07, 6.45) is 1.18. The maximum Gasteiger partial charge on any atom is 0.338 e. The van der Waals surface area contributed by atoms with Gasteiger partial charge in [0.1, 0.15) is 23.2 Å². The van der Waals surface area contributed by atoms with Crippen LogP contribution in [0.25, 0.3) is 0 Å². The van der Waals surface area contributed by atoms with Crippen LogP contribution in [0.15, 0.2) is 45.6 Å². The van der Waals surface area contributed by atoms with E-state index in [1.807, 2.05) is 6.07 Å². The van der Waals surface area contributed by atoms with Crippen molar-refractivity contribution in [2.45, 2.75) is 32.8 Å². The van der Waals surface area contributed by atoms with Crippen molar-refractivity contribution in [2.24, 2.45) is 5.73 Å². The molecule has 110 valence electrons. The first-order chi connectivity index (χ1) is 9.95. The number of nitrogens with two attached hydrogens (primary N) is 1. The van der Waals surface area contributed by atoms with Gasteiger partial charge in [-0.3, -0.25) is 0 Å². The largest absolute Gasteiger partial charge is 0.468 e. The van der Waals surface area contributed by atoms with Gasteiger partial charge in [-0.05, 0) is 32.9 Å². The van der Waals surface area contributed by atoms with Gasteiger partial charge in [-0.15, -0.1) is 0 Å². The highest BCUT2D eigenvalue weighted by molar-refractivity contribution is 5.92. The van der Waals surface area contributed by atoms with E-state index in [1.165, 1.54) is 6.26 Å². The zero-order valence-electron chi connectivity index (χ0n) is 12.0. The van der Waals surface area contributed by atoms with Gasteiger partial charge >= 0.3 is 5.97 Å². The number of ether oxygens (including phenoxy) is 2. The highest BCUT2D eigenvalue weighted by atomic mass is 16.5. The third-order valence-electron chi connectivity index (χ3n) is 3.00. The number of furan rings is 1. The van der Waals surface area contributed by atoms with Gasteiger partial charge in [0.15, 0.2) is 0 Å². The van der Waals surface area contributed by atoms with Crippen LogP contribution < -0.4 is 5.73 Å². The fraction of sp³-hybridized carbons (Fsp3) is 0.333. The summed E-state index contributed by atoms with van der Waals surface area (Å²) in [7, 11) is 0. The van der Waals surface area contributed by atoms with E-state index >= 15 is 0 Å². The Morgan fingerprint density at radius 3 is 2.76 bits per heavy atom. The number of hydrogen-bond acceptors (Lipinski definition) is 6. The van der Waals surface area contributed by atoms with Gasteiger partial charge in [-0.1, -0.05) is 0 Å². The number of hydrogen-bond donors (Lipinski definition) is 1. The van der Waals surface area contributed by atoms with Crippen LogP contribution in [0.4, 0.5) is 0 Å². The highest BCUT2D eigenvalue weighted by Crippen LogP contribution is 2.39. The molecule has 1 aromatic rings. The lowest BCUT2D eigenvalue weighted by Crippen LogP contribution is -2.26. The van der Waals surface area contributed by atoms with Crippen molar-refractivity contribution < 1.29 is 18.7 Å². The summed E-state index contributed by atoms with van der Waals surface area (Å²) in [6.45, 7) is 5.09. The number of rotatable bonds is 3. The molecule has 1 atom stereocenters. The first kappa shape index (κ1) is 14.7. The lowest BCUT2D eigenvalue weighted by molar-refractivity contribution is -0.143. The smallest absolute Gasteiger partial charge is 0.338 e. The number of nitrogens with zero attached hydrogens (tertiary/aromatic N) is 1. The van der Waals surface area contributed by atoms with Crippen LogP contribution in [-0.2, 0) is 14.3 Å². The molecule has 6 nitrogen and oxygen atoms in total. The van der Waals surface area contributed by atoms with E-state index in [0.29, 0.717) is 11.5 Å². The second kappa shape index (κ2) is 5.75. The first-order valence-electron chi connectivity index (χ1n) is 6.48. The van der Waals surface area contributed by atoms with Crippen LogP contribution in [0.5, 0.6) is 0 Å². The van der Waals surface area contributed by atoms with Crippen molar-refractivity contribution >= 4 is 5.97 Å². The maximum atomic E-state index is 12.3. The number of carbonyl (C=O) groups is 1. The van der Waals surface area contributed by atoms with Crippen molar-refractivity contribution in [3.63, 3.8) is 0 Å². The molecule has 1 aliphatic heterocycles. The molecule has 0 bridgehead atoms. The third-order valence-corrected chi connectivity index (χ3v) is 3.00. The predicted octanol–water partition coefficient (Wildman–Crippen LogP) is 2.31. The normalized spacial score (nSPS) is 18.5. The average Bonchev–Trinajstić information content (AvgIpc) is 2.90. The van der Waals surface area contributed by atoms with E-state index in [1.54, 1.807) is 32.9 Å². The quantitative estimate of drug-likeness (QED) is 0.857. The molecule has 1 aliphatic rings. The van der Waals surface area contributed by atoms with E-state index in [2.05, 4.69) is 0 Å². The monoisotopic (exact) mass is 288 g/mol. The van der Waals surface area contributed by atoms with E-state index in [-0.39, 0.29) is 23.1 Å². The van der Waals surface area contributed by atoms with Gasteiger partial charge in [0.05, 0.1) is 23.9 Å². The van der Waals surface area contributed by atoms with Gasteiger partial charge in [0.2, 0.25) is 5.88 Å². The lowest BCUT2D eigenvalue weighted by atomic mass is 9.87. The minimum Gasteiger partial charge on any atom is -0.468 e. The minimum absolute atomic E-state index is 0.0301. The Bertz CT molecular complexity index is 648. The first-order valence-corrected chi connectivity index (χ1v) is 6.48. The summed E-state index contributed by atoms with van der Waals surface area (Å²) < 4.78 is 15.9. The molecule has 2 heterocycles. The van der Waals surface area contributed by atoms with Gasteiger partial charge in [0.25, 0.3) is 0 Å². The van der Waals surface area contributed by atoms with Crippen LogP contribution in [0.1, 0.15) is 32.4 Å². The van der Waals surface area contributed by atoms with E-state index < -0.39 is 11.9 Å². The van der Waals surface area contributed by atoms with Crippen molar-refractivity contribution in [3.05, 3.63) is 46.9 Å². The highest BCUT2D eigenvalue weighted by Gasteiger charge is 2.38. The SMILES string of the molecule is CC1=C(C(=O)OC(C)C)C(c2ccco2)C(C#N)=C(N)O1. The van der Waals surface area contributed by atoms with E-state index in [0.717, 1.165) is 0 Å². The van der Waals surface area contributed by atoms with Crippen LogP contribution in [0.2, 0.25) is 0 Å². The summed E-state index contributed by atoms with van der Waals surface area (Å²) in [5.74, 6) is -0.557. The number of allylic oxidation sites excluding steroid dienone is 2. The Labute approximate surface area is 122 Å². The molecule has 0 saturated heterocycles. The molecule has 0 amide bonds. The topological polar surface area (TPSA) is 98.5 Å². The van der Waals surface area contributed by atoms with Gasteiger partial charge in [-0.25, -0.2) is 4.79 Å². The van der Waals surface area contributed by atoms with Crippen molar-refractivity contribution in [2.75, 3.05) is 0 Å². The second-order valence-electron chi connectivity index (χ2n) is 4.86. The molecule has 0 radical (unpaired) electrons. The van der Waals surface area contributed by atoms with E-state index in [9.17, 15) is 10.1 Å². The minimum atomic E-state index is -0.718. The van der Waals surface area contributed by atoms with Crippen molar-refractivity contribution in [1.82, 2.24) is 0 Å². The van der Waals surface area contributed by atoms with Crippen molar-refractivity contribution in [1.29, 1.82) is 5.26 Å². The zero-order chi connectivity index (χ0) is 15.6. The third kappa shape index (κ3) is 2.77. The second-order valence-corrected chi connectivity index (χ2v) is 4.86. The molecule has 1 aromatic heterocycles. The zero-order valence-corrected chi connectivity index (χ0v) is 12.0. The van der Waals surface area contributed by atoms with Crippen LogP contribution >= 0.6 is 0 Å². The molecule has 2 N–H and O–H groups in total. The molecule has 2 rings (SSSR count). The van der Waals surface area contributed by atoms with Gasteiger partial charge < -0.3 is 19.6 Å². The number of nitriles is 1. The molecule has 0 spiro atoms. The van der Waals surface area contributed by atoms with E-state index in [4.69, 9.17) is 19.6 Å². The summed E-state index contributed by atoms with van der Waals surface area (Å²) in [5.41, 5.74) is 6.10. The Morgan fingerprint density at radius 2 is 2.24 bits per heavy atom. The van der Waals surface area contributed by atoms with Crippen molar-refractivity contribution in [3.8, 4) is 6.07 Å². The molecule has 0 aromatic carbocycles. The molecule has 0 fully saturated rings. The molecule has 1 unspecified atom stereocenters. The Kier molecular flexibility index (Phi) is 4.03. The number of esters is 1. The fourth-order valence-electron chi connectivity index (χ4n) is 2.16. The van der Waals surface area contributed by atoms with Gasteiger partial charge in [0, 0.05) is 0 Å². The predicted molar refractivity (Wildman–Crippen MR) is 73.3 cm³/mol. The molecular formula is C15H16N2O4. The summed E-state index contributed by atoms with van der Waals surface area (Å²) in [5, 5.41) is 9.31.